The average molecular weight is 428 g/mol. The molecule has 1 saturated heterocycles. The highest BCUT2D eigenvalue weighted by Gasteiger charge is 2.30. The molecule has 2 heterocycles. The Kier molecular flexibility index (Phi) is 5.90. The summed E-state index contributed by atoms with van der Waals surface area (Å²) in [6, 6.07) is 12.6. The molecule has 0 saturated carbocycles. The van der Waals surface area contributed by atoms with E-state index in [1.54, 1.807) is 37.3 Å². The zero-order valence-electron chi connectivity index (χ0n) is 16.8. The molecular weight excluding hydrogens is 406 g/mol. The molecular formula is C22H22ClN3O4. The van der Waals surface area contributed by atoms with Gasteiger partial charge in [0, 0.05) is 18.7 Å². The molecule has 1 fully saturated rings. The van der Waals surface area contributed by atoms with E-state index in [0.717, 1.165) is 18.4 Å². The lowest BCUT2D eigenvalue weighted by Gasteiger charge is -2.31. The third-order valence-electron chi connectivity index (χ3n) is 5.25. The second-order valence-electron chi connectivity index (χ2n) is 7.10. The Balaban J connectivity index is 1.52. The predicted molar refractivity (Wildman–Crippen MR) is 112 cm³/mol. The van der Waals surface area contributed by atoms with Crippen molar-refractivity contribution in [1.29, 1.82) is 0 Å². The SMILES string of the molecule is COc1ccc(-c2noc(C3CCCN(C(=O)c4ccccc4Cl)C3)n2)cc1OC. The third kappa shape index (κ3) is 3.98. The maximum atomic E-state index is 12.9. The van der Waals surface area contributed by atoms with Gasteiger partial charge in [0.1, 0.15) is 0 Å². The molecule has 7 nitrogen and oxygen atoms in total. The number of nitrogens with zero attached hydrogens (tertiary/aromatic N) is 3. The van der Waals surface area contributed by atoms with E-state index in [0.29, 0.717) is 46.9 Å². The first-order valence-corrected chi connectivity index (χ1v) is 10.1. The minimum Gasteiger partial charge on any atom is -0.493 e. The largest absolute Gasteiger partial charge is 0.493 e. The van der Waals surface area contributed by atoms with Crippen molar-refractivity contribution in [2.24, 2.45) is 0 Å². The molecule has 1 aliphatic heterocycles. The summed E-state index contributed by atoms with van der Waals surface area (Å²) in [7, 11) is 3.17. The number of rotatable bonds is 5. The van der Waals surface area contributed by atoms with E-state index < -0.39 is 0 Å². The van der Waals surface area contributed by atoms with E-state index in [4.69, 9.17) is 25.6 Å². The smallest absolute Gasteiger partial charge is 0.255 e. The van der Waals surface area contributed by atoms with E-state index in [1.807, 2.05) is 24.3 Å². The number of benzene rings is 2. The average Bonchev–Trinajstić information content (AvgIpc) is 3.29. The highest BCUT2D eigenvalue weighted by atomic mass is 35.5. The Morgan fingerprint density at radius 2 is 1.97 bits per heavy atom. The molecule has 0 spiro atoms. The monoisotopic (exact) mass is 427 g/mol. The van der Waals surface area contributed by atoms with Crippen LogP contribution in [0.1, 0.15) is 35.0 Å². The minimum atomic E-state index is -0.0788. The first-order chi connectivity index (χ1) is 14.6. The number of hydrogen-bond donors (Lipinski definition) is 0. The summed E-state index contributed by atoms with van der Waals surface area (Å²) in [5.41, 5.74) is 1.28. The molecule has 1 unspecified atom stereocenters. The van der Waals surface area contributed by atoms with Crippen LogP contribution in [0.5, 0.6) is 11.5 Å². The van der Waals surface area contributed by atoms with Crippen molar-refractivity contribution in [3.05, 3.63) is 58.9 Å². The van der Waals surface area contributed by atoms with Crippen LogP contribution in [0, 0.1) is 0 Å². The summed E-state index contributed by atoms with van der Waals surface area (Å²) >= 11 is 6.20. The van der Waals surface area contributed by atoms with Crippen molar-refractivity contribution in [2.75, 3.05) is 27.3 Å². The van der Waals surface area contributed by atoms with Gasteiger partial charge in [0.25, 0.3) is 5.91 Å². The first-order valence-electron chi connectivity index (χ1n) is 9.70. The molecule has 3 aromatic rings. The van der Waals surface area contributed by atoms with Gasteiger partial charge < -0.3 is 18.9 Å². The Bertz CT molecular complexity index is 1050. The molecule has 8 heteroatoms. The molecule has 1 aliphatic rings. The molecule has 30 heavy (non-hydrogen) atoms. The second-order valence-corrected chi connectivity index (χ2v) is 7.50. The van der Waals surface area contributed by atoms with E-state index in [1.165, 1.54) is 0 Å². The van der Waals surface area contributed by atoms with E-state index in [2.05, 4.69) is 10.1 Å². The fourth-order valence-electron chi connectivity index (χ4n) is 3.66. The molecule has 156 valence electrons. The van der Waals surface area contributed by atoms with Crippen LogP contribution in [0.2, 0.25) is 5.02 Å². The topological polar surface area (TPSA) is 77.7 Å². The Morgan fingerprint density at radius 1 is 1.17 bits per heavy atom. The number of ether oxygens (including phenoxy) is 2. The maximum absolute atomic E-state index is 12.9. The van der Waals surface area contributed by atoms with Gasteiger partial charge in [-0.15, -0.1) is 0 Å². The van der Waals surface area contributed by atoms with Gasteiger partial charge in [-0.05, 0) is 43.2 Å². The quantitative estimate of drug-likeness (QED) is 0.599. The molecule has 0 bridgehead atoms. The molecule has 0 aliphatic carbocycles. The highest BCUT2D eigenvalue weighted by Crippen LogP contribution is 2.33. The number of hydrogen-bond acceptors (Lipinski definition) is 6. The molecule has 4 rings (SSSR count). The fourth-order valence-corrected chi connectivity index (χ4v) is 3.88. The molecule has 1 atom stereocenters. The Morgan fingerprint density at radius 3 is 2.73 bits per heavy atom. The maximum Gasteiger partial charge on any atom is 0.255 e. The van der Waals surface area contributed by atoms with E-state index in [-0.39, 0.29) is 11.8 Å². The van der Waals surface area contributed by atoms with Crippen LogP contribution in [-0.4, -0.2) is 48.3 Å². The number of halogens is 1. The van der Waals surface area contributed by atoms with Crippen molar-refractivity contribution in [3.63, 3.8) is 0 Å². The Labute approximate surface area is 179 Å². The van der Waals surface area contributed by atoms with Crippen LogP contribution in [0.3, 0.4) is 0 Å². The highest BCUT2D eigenvalue weighted by molar-refractivity contribution is 6.33. The predicted octanol–water partition coefficient (Wildman–Crippen LogP) is 4.43. The van der Waals surface area contributed by atoms with Gasteiger partial charge in [-0.25, -0.2) is 0 Å². The zero-order valence-corrected chi connectivity index (χ0v) is 17.6. The molecule has 1 amide bonds. The number of aromatic nitrogens is 2. The van der Waals surface area contributed by atoms with E-state index in [9.17, 15) is 4.79 Å². The van der Waals surface area contributed by atoms with E-state index >= 15 is 0 Å². The lowest BCUT2D eigenvalue weighted by Crippen LogP contribution is -2.39. The van der Waals surface area contributed by atoms with Gasteiger partial charge in [-0.2, -0.15) is 4.98 Å². The normalized spacial score (nSPS) is 16.4. The summed E-state index contributed by atoms with van der Waals surface area (Å²) in [6.45, 7) is 1.19. The van der Waals surface area contributed by atoms with Gasteiger partial charge in [0.05, 0.1) is 30.7 Å². The first kappa shape index (κ1) is 20.2. The van der Waals surface area contributed by atoms with Crippen molar-refractivity contribution in [1.82, 2.24) is 15.0 Å². The molecule has 2 aromatic carbocycles. The van der Waals surface area contributed by atoms with Gasteiger partial charge in [-0.1, -0.05) is 28.9 Å². The van der Waals surface area contributed by atoms with Crippen molar-refractivity contribution >= 4 is 17.5 Å². The number of amides is 1. The lowest BCUT2D eigenvalue weighted by atomic mass is 9.97. The number of likely N-dealkylation sites (tertiary alicyclic amines) is 1. The summed E-state index contributed by atoms with van der Waals surface area (Å²) in [6.07, 6.45) is 1.73. The Hall–Kier alpha value is -3.06. The van der Waals surface area contributed by atoms with Crippen LogP contribution < -0.4 is 9.47 Å². The van der Waals surface area contributed by atoms with Gasteiger partial charge in [0.2, 0.25) is 11.7 Å². The molecule has 0 radical (unpaired) electrons. The third-order valence-corrected chi connectivity index (χ3v) is 5.58. The number of methoxy groups -OCH3 is 2. The lowest BCUT2D eigenvalue weighted by molar-refractivity contribution is 0.0696. The van der Waals surface area contributed by atoms with Gasteiger partial charge in [-0.3, -0.25) is 4.79 Å². The number of carbonyl (C=O) groups excluding carboxylic acids is 1. The van der Waals surface area contributed by atoms with Gasteiger partial charge >= 0.3 is 0 Å². The number of piperidine rings is 1. The van der Waals surface area contributed by atoms with Crippen LogP contribution in [0.4, 0.5) is 0 Å². The second kappa shape index (κ2) is 8.75. The molecule has 1 aromatic heterocycles. The standard InChI is InChI=1S/C22H22ClN3O4/c1-28-18-10-9-14(12-19(18)29-2)20-24-21(30-25-20)15-6-5-11-26(13-15)22(27)16-7-3-4-8-17(16)23/h3-4,7-10,12,15H,5-6,11,13H2,1-2H3. The summed E-state index contributed by atoms with van der Waals surface area (Å²) in [4.78, 5) is 19.3. The van der Waals surface area contributed by atoms with Crippen LogP contribution in [0.25, 0.3) is 11.4 Å². The van der Waals surface area contributed by atoms with Crippen LogP contribution >= 0.6 is 11.6 Å². The zero-order chi connectivity index (χ0) is 21.1. The number of carbonyl (C=O) groups is 1. The van der Waals surface area contributed by atoms with Crippen LogP contribution in [0.15, 0.2) is 47.0 Å². The molecule has 0 N–H and O–H groups in total. The van der Waals surface area contributed by atoms with Crippen molar-refractivity contribution in [3.8, 4) is 22.9 Å². The summed E-state index contributed by atoms with van der Waals surface area (Å²) in [5, 5.41) is 4.58. The van der Waals surface area contributed by atoms with Crippen LogP contribution in [-0.2, 0) is 0 Å². The summed E-state index contributed by atoms with van der Waals surface area (Å²) in [5.74, 6) is 2.12. The van der Waals surface area contributed by atoms with Crippen molar-refractivity contribution in [2.45, 2.75) is 18.8 Å². The van der Waals surface area contributed by atoms with Gasteiger partial charge in [0.15, 0.2) is 11.5 Å². The minimum absolute atomic E-state index is 0.0217. The fraction of sp³-hybridized carbons (Fsp3) is 0.318. The van der Waals surface area contributed by atoms with Crippen molar-refractivity contribution < 1.29 is 18.8 Å². The summed E-state index contributed by atoms with van der Waals surface area (Å²) < 4.78 is 16.2.